The predicted molar refractivity (Wildman–Crippen MR) is 123 cm³/mol. The largest absolute Gasteiger partial charge is 0.463 e. The van der Waals surface area contributed by atoms with E-state index in [4.69, 9.17) is 4.42 Å². The van der Waals surface area contributed by atoms with Crippen LogP contribution in [0.3, 0.4) is 0 Å². The number of aromatic amines is 1. The number of aromatic nitrogens is 4. The molecule has 0 spiro atoms. The van der Waals surface area contributed by atoms with Gasteiger partial charge in [0.05, 0.1) is 6.26 Å². The maximum atomic E-state index is 13.1. The molecule has 8 heteroatoms. The fourth-order valence-corrected chi connectivity index (χ4v) is 4.39. The lowest BCUT2D eigenvalue weighted by molar-refractivity contribution is -0.121. The maximum absolute atomic E-state index is 13.1. The number of nitrogens with one attached hydrogen (secondary N) is 2. The van der Waals surface area contributed by atoms with E-state index in [1.54, 1.807) is 24.5 Å². The second-order valence-electron chi connectivity index (χ2n) is 8.57. The molecule has 2 N–H and O–H groups in total. The smallest absolute Gasteiger partial charge is 0.252 e. The van der Waals surface area contributed by atoms with Crippen molar-refractivity contribution in [2.45, 2.75) is 65.2 Å². The Morgan fingerprint density at radius 2 is 2.06 bits per heavy atom. The van der Waals surface area contributed by atoms with E-state index in [-0.39, 0.29) is 23.3 Å². The number of furan rings is 1. The van der Waals surface area contributed by atoms with Crippen molar-refractivity contribution in [3.8, 4) is 17.4 Å². The molecule has 1 saturated carbocycles. The summed E-state index contributed by atoms with van der Waals surface area (Å²) in [4.78, 5) is 32.4. The minimum Gasteiger partial charge on any atom is -0.463 e. The minimum absolute atomic E-state index is 0.0138. The Bertz CT molecular complexity index is 1090. The molecule has 3 heterocycles. The monoisotopic (exact) mass is 437 g/mol. The molecule has 1 aliphatic carbocycles. The van der Waals surface area contributed by atoms with Gasteiger partial charge in [-0.15, -0.1) is 0 Å². The molecule has 3 aromatic heterocycles. The highest BCUT2D eigenvalue weighted by atomic mass is 16.3. The lowest BCUT2D eigenvalue weighted by Gasteiger charge is -2.27. The van der Waals surface area contributed by atoms with E-state index in [1.165, 1.54) is 30.0 Å². The Hall–Kier alpha value is -3.16. The number of aryl methyl sites for hydroxylation is 1. The van der Waals surface area contributed by atoms with E-state index >= 15 is 0 Å². The van der Waals surface area contributed by atoms with E-state index in [0.717, 1.165) is 31.6 Å². The molecule has 0 radical (unpaired) electrons. The summed E-state index contributed by atoms with van der Waals surface area (Å²) in [6.07, 6.45) is 9.94. The Kier molecular flexibility index (Phi) is 6.87. The zero-order valence-corrected chi connectivity index (χ0v) is 18.8. The third-order valence-electron chi connectivity index (χ3n) is 6.26. The average Bonchev–Trinajstić information content (AvgIpc) is 3.47. The van der Waals surface area contributed by atoms with Crippen LogP contribution in [0.1, 0.15) is 64.5 Å². The number of rotatable bonds is 8. The minimum atomic E-state index is -0.260. The summed E-state index contributed by atoms with van der Waals surface area (Å²) in [5, 5.41) is 7.59. The van der Waals surface area contributed by atoms with Crippen molar-refractivity contribution < 1.29 is 9.21 Å². The van der Waals surface area contributed by atoms with Crippen molar-refractivity contribution in [3.63, 3.8) is 0 Å². The zero-order chi connectivity index (χ0) is 22.5. The SMILES string of the molecule is CCCCC1CCC(C(=O)Nc2cc(-c3ccco3)nn2-c2nc(CC)cc(=O)[nH]2)CC1. The third-order valence-corrected chi connectivity index (χ3v) is 6.26. The number of hydrogen-bond donors (Lipinski definition) is 2. The summed E-state index contributed by atoms with van der Waals surface area (Å²) in [6.45, 7) is 4.15. The summed E-state index contributed by atoms with van der Waals surface area (Å²) >= 11 is 0. The van der Waals surface area contributed by atoms with Crippen LogP contribution in [0.2, 0.25) is 0 Å². The third kappa shape index (κ3) is 5.00. The number of nitrogens with zero attached hydrogens (tertiary/aromatic N) is 3. The normalized spacial score (nSPS) is 18.6. The van der Waals surface area contributed by atoms with Gasteiger partial charge < -0.3 is 9.73 Å². The number of H-pyrrole nitrogens is 1. The molecular weight excluding hydrogens is 406 g/mol. The van der Waals surface area contributed by atoms with Crippen molar-refractivity contribution in [2.24, 2.45) is 11.8 Å². The number of amides is 1. The lowest BCUT2D eigenvalue weighted by atomic mass is 9.79. The molecule has 4 rings (SSSR count). The summed E-state index contributed by atoms with van der Waals surface area (Å²) in [7, 11) is 0. The molecule has 0 aromatic carbocycles. The number of hydrogen-bond acceptors (Lipinski definition) is 5. The molecule has 0 unspecified atom stereocenters. The first-order chi connectivity index (χ1) is 15.6. The van der Waals surface area contributed by atoms with Crippen molar-refractivity contribution in [1.82, 2.24) is 19.7 Å². The van der Waals surface area contributed by atoms with Crippen LogP contribution in [0.5, 0.6) is 0 Å². The Labute approximate surface area is 187 Å². The highest BCUT2D eigenvalue weighted by molar-refractivity contribution is 5.92. The standard InChI is InChI=1S/C24H31N5O3/c1-3-5-7-16-9-11-17(12-10-16)23(31)26-21-15-19(20-8-6-13-32-20)28-29(21)24-25-18(4-2)14-22(30)27-24/h6,8,13-17H,3-5,7,9-12H2,1-2H3,(H,26,31)(H,25,27,30). The molecular formula is C24H31N5O3. The molecule has 0 bridgehead atoms. The topological polar surface area (TPSA) is 106 Å². The summed E-state index contributed by atoms with van der Waals surface area (Å²) in [6, 6.07) is 6.80. The fourth-order valence-electron chi connectivity index (χ4n) is 4.39. The van der Waals surface area contributed by atoms with Gasteiger partial charge in [-0.25, -0.2) is 4.98 Å². The quantitative estimate of drug-likeness (QED) is 0.531. The van der Waals surface area contributed by atoms with Crippen molar-refractivity contribution in [2.75, 3.05) is 5.32 Å². The van der Waals surface area contributed by atoms with E-state index in [0.29, 0.717) is 29.4 Å². The van der Waals surface area contributed by atoms with Crippen LogP contribution < -0.4 is 10.9 Å². The van der Waals surface area contributed by atoms with Gasteiger partial charge in [0.2, 0.25) is 11.9 Å². The van der Waals surface area contributed by atoms with Gasteiger partial charge in [-0.05, 0) is 50.2 Å². The molecule has 170 valence electrons. The van der Waals surface area contributed by atoms with Gasteiger partial charge in [0.25, 0.3) is 5.56 Å². The second-order valence-corrected chi connectivity index (χ2v) is 8.57. The molecule has 0 saturated heterocycles. The Balaban J connectivity index is 1.57. The van der Waals surface area contributed by atoms with Crippen LogP contribution in [-0.4, -0.2) is 25.7 Å². The Morgan fingerprint density at radius 3 is 2.75 bits per heavy atom. The first-order valence-electron chi connectivity index (χ1n) is 11.6. The summed E-state index contributed by atoms with van der Waals surface area (Å²) in [5.41, 5.74) is 0.948. The van der Waals surface area contributed by atoms with Crippen LogP contribution >= 0.6 is 0 Å². The molecule has 3 aromatic rings. The number of carbonyl (C=O) groups is 1. The van der Waals surface area contributed by atoms with Crippen LogP contribution in [0.4, 0.5) is 5.82 Å². The molecule has 8 nitrogen and oxygen atoms in total. The van der Waals surface area contributed by atoms with E-state index in [1.807, 2.05) is 6.92 Å². The molecule has 0 atom stereocenters. The fraction of sp³-hybridized carbons (Fsp3) is 0.500. The molecule has 1 fully saturated rings. The second kappa shape index (κ2) is 9.97. The van der Waals surface area contributed by atoms with Crippen LogP contribution in [-0.2, 0) is 11.2 Å². The van der Waals surface area contributed by atoms with Crippen LogP contribution in [0, 0.1) is 11.8 Å². The molecule has 1 aliphatic rings. The van der Waals surface area contributed by atoms with Gasteiger partial charge in [-0.1, -0.05) is 33.1 Å². The van der Waals surface area contributed by atoms with Crippen LogP contribution in [0.25, 0.3) is 17.4 Å². The molecule has 32 heavy (non-hydrogen) atoms. The van der Waals surface area contributed by atoms with Gasteiger partial charge in [0.15, 0.2) is 5.76 Å². The zero-order valence-electron chi connectivity index (χ0n) is 18.8. The van der Waals surface area contributed by atoms with E-state index < -0.39 is 0 Å². The highest BCUT2D eigenvalue weighted by Crippen LogP contribution is 2.33. The van der Waals surface area contributed by atoms with Crippen molar-refractivity contribution >= 4 is 11.7 Å². The van der Waals surface area contributed by atoms with Gasteiger partial charge in [0, 0.05) is 23.7 Å². The van der Waals surface area contributed by atoms with Crippen molar-refractivity contribution in [3.05, 3.63) is 46.6 Å². The van der Waals surface area contributed by atoms with E-state index in [9.17, 15) is 9.59 Å². The summed E-state index contributed by atoms with van der Waals surface area (Å²) < 4.78 is 6.95. The van der Waals surface area contributed by atoms with Gasteiger partial charge >= 0.3 is 0 Å². The maximum Gasteiger partial charge on any atom is 0.252 e. The average molecular weight is 438 g/mol. The van der Waals surface area contributed by atoms with Gasteiger partial charge in [-0.3, -0.25) is 14.6 Å². The van der Waals surface area contributed by atoms with E-state index in [2.05, 4.69) is 27.3 Å². The van der Waals surface area contributed by atoms with Gasteiger partial charge in [0.1, 0.15) is 11.5 Å². The predicted octanol–water partition coefficient (Wildman–Crippen LogP) is 4.71. The van der Waals surface area contributed by atoms with Gasteiger partial charge in [-0.2, -0.15) is 9.78 Å². The number of carbonyl (C=O) groups excluding carboxylic acids is 1. The highest BCUT2D eigenvalue weighted by Gasteiger charge is 2.27. The first kappa shape index (κ1) is 22.0. The number of anilines is 1. The summed E-state index contributed by atoms with van der Waals surface area (Å²) in [5.74, 6) is 2.01. The Morgan fingerprint density at radius 1 is 1.25 bits per heavy atom. The number of unbranched alkanes of at least 4 members (excludes halogenated alkanes) is 1. The van der Waals surface area contributed by atoms with Crippen molar-refractivity contribution in [1.29, 1.82) is 0 Å². The van der Waals surface area contributed by atoms with Crippen LogP contribution in [0.15, 0.2) is 39.7 Å². The molecule has 1 amide bonds. The first-order valence-corrected chi connectivity index (χ1v) is 11.6. The lowest BCUT2D eigenvalue weighted by Crippen LogP contribution is -2.28. The molecule has 0 aliphatic heterocycles.